The summed E-state index contributed by atoms with van der Waals surface area (Å²) in [5.74, 6) is 0. The summed E-state index contributed by atoms with van der Waals surface area (Å²) in [6, 6.07) is 0. The van der Waals surface area contributed by atoms with E-state index in [1.165, 1.54) is 6.26 Å². The summed E-state index contributed by atoms with van der Waals surface area (Å²) in [6.07, 6.45) is 4.47. The van der Waals surface area contributed by atoms with Crippen molar-refractivity contribution < 1.29 is 8.42 Å². The molecule has 0 aromatic heterocycles. The summed E-state index contributed by atoms with van der Waals surface area (Å²) < 4.78 is 25.1. The first-order valence-corrected chi connectivity index (χ1v) is 8.61. The zero-order chi connectivity index (χ0) is 14.6. The van der Waals surface area contributed by atoms with E-state index in [0.29, 0.717) is 18.5 Å². The van der Waals surface area contributed by atoms with Crippen molar-refractivity contribution in [1.82, 2.24) is 4.31 Å². The second-order valence-corrected chi connectivity index (χ2v) is 9.66. The molecule has 0 bridgehead atoms. The molecule has 0 fully saturated rings. The zero-order valence-corrected chi connectivity index (χ0v) is 14.0. The molecule has 0 atom stereocenters. The number of hydrogen-bond donors (Lipinski definition) is 0. The monoisotopic (exact) mass is 277 g/mol. The second-order valence-electron chi connectivity index (χ2n) is 7.67. The number of unbranched alkanes of at least 4 members (excludes halogenated alkanes) is 1. The SMILES string of the molecule is CC(C)(C)CCCCN(CC(C)(C)C)S(C)(=O)=O. The first-order chi connectivity index (χ1) is 7.81. The lowest BCUT2D eigenvalue weighted by Crippen LogP contribution is -2.37. The third-order valence-electron chi connectivity index (χ3n) is 2.70. The summed E-state index contributed by atoms with van der Waals surface area (Å²) in [5.41, 5.74) is 0.340. The van der Waals surface area contributed by atoms with Gasteiger partial charge in [-0.2, -0.15) is 0 Å². The molecular formula is C14H31NO2S. The van der Waals surface area contributed by atoms with E-state index < -0.39 is 10.0 Å². The molecule has 18 heavy (non-hydrogen) atoms. The third kappa shape index (κ3) is 9.89. The van der Waals surface area contributed by atoms with Crippen LogP contribution in [0.15, 0.2) is 0 Å². The number of sulfonamides is 1. The molecule has 0 aliphatic rings. The van der Waals surface area contributed by atoms with Gasteiger partial charge in [0.1, 0.15) is 0 Å². The fourth-order valence-corrected chi connectivity index (χ4v) is 2.92. The van der Waals surface area contributed by atoms with Gasteiger partial charge in [0.05, 0.1) is 6.26 Å². The molecule has 0 aromatic carbocycles. The van der Waals surface area contributed by atoms with E-state index in [2.05, 4.69) is 41.5 Å². The van der Waals surface area contributed by atoms with Gasteiger partial charge in [0.15, 0.2) is 0 Å². The Morgan fingerprint density at radius 1 is 0.889 bits per heavy atom. The van der Waals surface area contributed by atoms with E-state index >= 15 is 0 Å². The lowest BCUT2D eigenvalue weighted by atomic mass is 9.90. The maximum absolute atomic E-state index is 11.7. The molecule has 0 aliphatic heterocycles. The van der Waals surface area contributed by atoms with Gasteiger partial charge in [0, 0.05) is 13.1 Å². The molecule has 110 valence electrons. The minimum Gasteiger partial charge on any atom is -0.213 e. The standard InChI is InChI=1S/C14H31NO2S/c1-13(2,3)10-8-9-11-15(18(7,16)17)12-14(4,5)6/h8-12H2,1-7H3. The Labute approximate surface area is 114 Å². The Balaban J connectivity index is 4.29. The second kappa shape index (κ2) is 6.38. The maximum Gasteiger partial charge on any atom is 0.211 e. The van der Waals surface area contributed by atoms with E-state index in [-0.39, 0.29) is 5.41 Å². The van der Waals surface area contributed by atoms with Gasteiger partial charge in [-0.05, 0) is 23.7 Å². The van der Waals surface area contributed by atoms with Crippen molar-refractivity contribution in [2.75, 3.05) is 19.3 Å². The molecule has 4 heteroatoms. The molecule has 0 saturated heterocycles. The van der Waals surface area contributed by atoms with Crippen LogP contribution in [-0.4, -0.2) is 32.1 Å². The lowest BCUT2D eigenvalue weighted by Gasteiger charge is -2.28. The van der Waals surface area contributed by atoms with Crippen LogP contribution in [0, 0.1) is 10.8 Å². The van der Waals surface area contributed by atoms with Crippen molar-refractivity contribution in [2.24, 2.45) is 10.8 Å². The predicted octanol–water partition coefficient (Wildman–Crippen LogP) is 3.51. The Morgan fingerprint density at radius 2 is 1.39 bits per heavy atom. The minimum absolute atomic E-state index is 0.00705. The predicted molar refractivity (Wildman–Crippen MR) is 79.2 cm³/mol. The van der Waals surface area contributed by atoms with E-state index in [1.54, 1.807) is 4.31 Å². The van der Waals surface area contributed by atoms with Gasteiger partial charge in [-0.15, -0.1) is 0 Å². The van der Waals surface area contributed by atoms with Gasteiger partial charge < -0.3 is 0 Å². The normalized spacial score (nSPS) is 14.2. The zero-order valence-electron chi connectivity index (χ0n) is 13.2. The van der Waals surface area contributed by atoms with E-state index in [1.807, 2.05) is 0 Å². The molecule has 0 saturated carbocycles. The first kappa shape index (κ1) is 17.9. The Hall–Kier alpha value is -0.0900. The van der Waals surface area contributed by atoms with Crippen LogP contribution in [0.4, 0.5) is 0 Å². The van der Waals surface area contributed by atoms with Gasteiger partial charge in [-0.3, -0.25) is 0 Å². The van der Waals surface area contributed by atoms with Crippen molar-refractivity contribution >= 4 is 10.0 Å². The summed E-state index contributed by atoms with van der Waals surface area (Å²) in [6.45, 7) is 14.1. The molecule has 0 aliphatic carbocycles. The highest BCUT2D eigenvalue weighted by atomic mass is 32.2. The van der Waals surface area contributed by atoms with Crippen LogP contribution in [0.5, 0.6) is 0 Å². The summed E-state index contributed by atoms with van der Waals surface area (Å²) >= 11 is 0. The molecule has 0 rings (SSSR count). The van der Waals surface area contributed by atoms with Crippen molar-refractivity contribution in [3.05, 3.63) is 0 Å². The lowest BCUT2D eigenvalue weighted by molar-refractivity contribution is 0.272. The molecule has 0 aromatic rings. The van der Waals surface area contributed by atoms with Crippen LogP contribution in [0.25, 0.3) is 0 Å². The molecule has 0 heterocycles. The van der Waals surface area contributed by atoms with Crippen molar-refractivity contribution in [1.29, 1.82) is 0 Å². The molecule has 0 radical (unpaired) electrons. The average molecular weight is 277 g/mol. The molecule has 0 spiro atoms. The van der Waals surface area contributed by atoms with Gasteiger partial charge in [0.2, 0.25) is 10.0 Å². The molecular weight excluding hydrogens is 246 g/mol. The highest BCUT2D eigenvalue weighted by Crippen LogP contribution is 2.22. The highest BCUT2D eigenvalue weighted by Gasteiger charge is 2.23. The largest absolute Gasteiger partial charge is 0.213 e. The number of rotatable bonds is 6. The van der Waals surface area contributed by atoms with Crippen molar-refractivity contribution in [3.8, 4) is 0 Å². The topological polar surface area (TPSA) is 37.4 Å². The quantitative estimate of drug-likeness (QED) is 0.697. The van der Waals surface area contributed by atoms with E-state index in [0.717, 1.165) is 19.3 Å². The Morgan fingerprint density at radius 3 is 1.72 bits per heavy atom. The Kier molecular flexibility index (Phi) is 6.34. The smallest absolute Gasteiger partial charge is 0.211 e. The fraction of sp³-hybridized carbons (Fsp3) is 1.00. The van der Waals surface area contributed by atoms with Gasteiger partial charge >= 0.3 is 0 Å². The summed E-state index contributed by atoms with van der Waals surface area (Å²) in [5, 5.41) is 0. The first-order valence-electron chi connectivity index (χ1n) is 6.76. The minimum atomic E-state index is -3.08. The molecule has 0 unspecified atom stereocenters. The third-order valence-corrected chi connectivity index (χ3v) is 3.95. The van der Waals surface area contributed by atoms with Crippen LogP contribution >= 0.6 is 0 Å². The van der Waals surface area contributed by atoms with Gasteiger partial charge in [-0.1, -0.05) is 48.0 Å². The van der Waals surface area contributed by atoms with Crippen LogP contribution in [0.1, 0.15) is 60.8 Å². The molecule has 0 N–H and O–H groups in total. The highest BCUT2D eigenvalue weighted by molar-refractivity contribution is 7.88. The van der Waals surface area contributed by atoms with E-state index in [4.69, 9.17) is 0 Å². The van der Waals surface area contributed by atoms with Crippen LogP contribution in [0.3, 0.4) is 0 Å². The van der Waals surface area contributed by atoms with Gasteiger partial charge in [-0.25, -0.2) is 12.7 Å². The van der Waals surface area contributed by atoms with Crippen LogP contribution < -0.4 is 0 Å². The van der Waals surface area contributed by atoms with Crippen molar-refractivity contribution in [3.63, 3.8) is 0 Å². The van der Waals surface area contributed by atoms with Crippen LogP contribution in [-0.2, 0) is 10.0 Å². The number of hydrogen-bond acceptors (Lipinski definition) is 2. The van der Waals surface area contributed by atoms with E-state index in [9.17, 15) is 8.42 Å². The van der Waals surface area contributed by atoms with Gasteiger partial charge in [0.25, 0.3) is 0 Å². The summed E-state index contributed by atoms with van der Waals surface area (Å²) in [4.78, 5) is 0. The number of nitrogens with zero attached hydrogens (tertiary/aromatic N) is 1. The maximum atomic E-state index is 11.7. The Bertz CT molecular complexity index is 334. The summed E-state index contributed by atoms with van der Waals surface area (Å²) in [7, 11) is -3.08. The van der Waals surface area contributed by atoms with Crippen molar-refractivity contribution in [2.45, 2.75) is 60.8 Å². The van der Waals surface area contributed by atoms with Crippen LogP contribution in [0.2, 0.25) is 0 Å². The fourth-order valence-electron chi connectivity index (χ4n) is 1.83. The molecule has 3 nitrogen and oxygen atoms in total. The molecule has 0 amide bonds. The average Bonchev–Trinajstić information content (AvgIpc) is 2.04.